The summed E-state index contributed by atoms with van der Waals surface area (Å²) in [6.45, 7) is -0.0662. The van der Waals surface area contributed by atoms with Gasteiger partial charge in [-0.1, -0.05) is 43.2 Å². The van der Waals surface area contributed by atoms with E-state index in [1.165, 1.54) is 0 Å². The highest BCUT2D eigenvalue weighted by Gasteiger charge is 2.22. The zero-order valence-electron chi connectivity index (χ0n) is 12.0. The lowest BCUT2D eigenvalue weighted by Crippen LogP contribution is -2.44. The summed E-state index contributed by atoms with van der Waals surface area (Å²) >= 11 is 0. The average Bonchev–Trinajstić information content (AvgIpc) is 2.99. The van der Waals surface area contributed by atoms with E-state index < -0.39 is 12.0 Å². The molecule has 1 aromatic carbocycles. The number of carbonyl (C=O) groups is 2. The van der Waals surface area contributed by atoms with Crippen LogP contribution < -0.4 is 5.32 Å². The highest BCUT2D eigenvalue weighted by atomic mass is 16.5. The third-order valence-corrected chi connectivity index (χ3v) is 3.67. The summed E-state index contributed by atoms with van der Waals surface area (Å²) in [5.41, 5.74) is 0.877. The Morgan fingerprint density at radius 3 is 2.52 bits per heavy atom. The van der Waals surface area contributed by atoms with Crippen molar-refractivity contribution in [2.24, 2.45) is 0 Å². The van der Waals surface area contributed by atoms with Crippen molar-refractivity contribution in [3.63, 3.8) is 0 Å². The van der Waals surface area contributed by atoms with Crippen LogP contribution in [-0.4, -0.2) is 35.7 Å². The van der Waals surface area contributed by atoms with Crippen molar-refractivity contribution in [2.45, 2.75) is 44.2 Å². The van der Waals surface area contributed by atoms with E-state index in [-0.39, 0.29) is 25.0 Å². The molecule has 1 amide bonds. The van der Waals surface area contributed by atoms with Gasteiger partial charge in [-0.25, -0.2) is 4.79 Å². The van der Waals surface area contributed by atoms with Crippen molar-refractivity contribution in [1.82, 2.24) is 5.32 Å². The van der Waals surface area contributed by atoms with Crippen molar-refractivity contribution >= 4 is 11.9 Å². The minimum absolute atomic E-state index is 0.0662. The lowest BCUT2D eigenvalue weighted by atomic mass is 10.1. The molecule has 5 heteroatoms. The van der Waals surface area contributed by atoms with Crippen LogP contribution in [0.25, 0.3) is 0 Å². The second kappa shape index (κ2) is 7.78. The molecule has 0 bridgehead atoms. The molecule has 1 saturated carbocycles. The first-order chi connectivity index (χ1) is 10.1. The summed E-state index contributed by atoms with van der Waals surface area (Å²) in [7, 11) is 0. The normalized spacial score (nSPS) is 16.6. The standard InChI is InChI=1S/C16H21NO4/c18-15(11-21-13-8-4-5-9-13)17-14(16(19)20)10-12-6-2-1-3-7-12/h1-3,6-7,13-14H,4-5,8-11H2,(H,17,18)(H,19,20). The lowest BCUT2D eigenvalue weighted by molar-refractivity contribution is -0.142. The van der Waals surface area contributed by atoms with Crippen molar-refractivity contribution < 1.29 is 19.4 Å². The Labute approximate surface area is 124 Å². The number of carboxylic acid groups (broad SMARTS) is 1. The largest absolute Gasteiger partial charge is 0.480 e. The van der Waals surface area contributed by atoms with E-state index in [9.17, 15) is 14.7 Å². The quantitative estimate of drug-likeness (QED) is 0.802. The molecule has 0 radical (unpaired) electrons. The van der Waals surface area contributed by atoms with E-state index in [4.69, 9.17) is 4.74 Å². The third kappa shape index (κ3) is 5.19. The molecule has 5 nitrogen and oxygen atoms in total. The van der Waals surface area contributed by atoms with Crippen LogP contribution in [-0.2, 0) is 20.7 Å². The van der Waals surface area contributed by atoms with Gasteiger partial charge in [0.05, 0.1) is 6.10 Å². The predicted molar refractivity (Wildman–Crippen MR) is 77.9 cm³/mol. The minimum atomic E-state index is -1.03. The Balaban J connectivity index is 1.81. The molecule has 1 fully saturated rings. The van der Waals surface area contributed by atoms with Crippen LogP contribution in [0.1, 0.15) is 31.2 Å². The topological polar surface area (TPSA) is 75.6 Å². The molecule has 1 atom stereocenters. The van der Waals surface area contributed by atoms with Crippen molar-refractivity contribution in [3.05, 3.63) is 35.9 Å². The summed E-state index contributed by atoms with van der Waals surface area (Å²) in [4.78, 5) is 23.0. The number of rotatable bonds is 7. The number of hydrogen-bond acceptors (Lipinski definition) is 3. The molecule has 0 saturated heterocycles. The molecule has 114 valence electrons. The van der Waals surface area contributed by atoms with E-state index in [1.807, 2.05) is 30.3 Å². The molecule has 1 aromatic rings. The fraction of sp³-hybridized carbons (Fsp3) is 0.500. The summed E-state index contributed by atoms with van der Waals surface area (Å²) < 4.78 is 5.49. The lowest BCUT2D eigenvalue weighted by Gasteiger charge is -2.16. The second-order valence-electron chi connectivity index (χ2n) is 5.37. The van der Waals surface area contributed by atoms with Gasteiger partial charge in [0.1, 0.15) is 12.6 Å². The van der Waals surface area contributed by atoms with Gasteiger partial charge in [-0.2, -0.15) is 0 Å². The molecular formula is C16H21NO4. The Morgan fingerprint density at radius 1 is 1.24 bits per heavy atom. The first-order valence-electron chi connectivity index (χ1n) is 7.33. The van der Waals surface area contributed by atoms with Crippen LogP contribution in [0.15, 0.2) is 30.3 Å². The van der Waals surface area contributed by atoms with Crippen LogP contribution in [0.3, 0.4) is 0 Å². The van der Waals surface area contributed by atoms with E-state index in [0.29, 0.717) is 0 Å². The molecule has 2 N–H and O–H groups in total. The Hall–Kier alpha value is -1.88. The SMILES string of the molecule is O=C(COC1CCCC1)NC(Cc1ccccc1)C(=O)O. The van der Waals surface area contributed by atoms with E-state index in [0.717, 1.165) is 31.2 Å². The number of hydrogen-bond donors (Lipinski definition) is 2. The summed E-state index contributed by atoms with van der Waals surface area (Å²) in [6.07, 6.45) is 4.66. The minimum Gasteiger partial charge on any atom is -0.480 e. The van der Waals surface area contributed by atoms with Gasteiger partial charge in [0.25, 0.3) is 0 Å². The van der Waals surface area contributed by atoms with Crippen LogP contribution in [0.5, 0.6) is 0 Å². The zero-order valence-corrected chi connectivity index (χ0v) is 12.0. The zero-order chi connectivity index (χ0) is 15.1. The Bertz CT molecular complexity index is 468. The molecule has 0 spiro atoms. The summed E-state index contributed by atoms with van der Waals surface area (Å²) in [5.74, 6) is -1.40. The first-order valence-corrected chi connectivity index (χ1v) is 7.33. The van der Waals surface area contributed by atoms with Gasteiger partial charge in [-0.15, -0.1) is 0 Å². The van der Waals surface area contributed by atoms with E-state index in [2.05, 4.69) is 5.32 Å². The predicted octanol–water partition coefficient (Wildman–Crippen LogP) is 1.76. The monoisotopic (exact) mass is 291 g/mol. The third-order valence-electron chi connectivity index (χ3n) is 3.67. The van der Waals surface area contributed by atoms with E-state index in [1.54, 1.807) is 0 Å². The number of carboxylic acids is 1. The number of amides is 1. The maximum atomic E-state index is 11.8. The van der Waals surface area contributed by atoms with Crippen molar-refractivity contribution in [1.29, 1.82) is 0 Å². The van der Waals surface area contributed by atoms with Crippen LogP contribution in [0.2, 0.25) is 0 Å². The van der Waals surface area contributed by atoms with Gasteiger partial charge < -0.3 is 15.2 Å². The highest BCUT2D eigenvalue weighted by molar-refractivity contribution is 5.84. The average molecular weight is 291 g/mol. The summed E-state index contributed by atoms with van der Waals surface area (Å²) in [6, 6.07) is 8.33. The molecule has 21 heavy (non-hydrogen) atoms. The smallest absolute Gasteiger partial charge is 0.326 e. The van der Waals surface area contributed by atoms with Gasteiger partial charge in [-0.3, -0.25) is 4.79 Å². The molecular weight excluding hydrogens is 270 g/mol. The number of nitrogens with one attached hydrogen (secondary N) is 1. The fourth-order valence-corrected chi connectivity index (χ4v) is 2.53. The maximum absolute atomic E-state index is 11.8. The molecule has 0 aromatic heterocycles. The van der Waals surface area contributed by atoms with Crippen LogP contribution in [0.4, 0.5) is 0 Å². The van der Waals surface area contributed by atoms with Gasteiger partial charge in [-0.05, 0) is 18.4 Å². The van der Waals surface area contributed by atoms with Crippen LogP contribution in [0, 0.1) is 0 Å². The van der Waals surface area contributed by atoms with Crippen molar-refractivity contribution in [3.8, 4) is 0 Å². The fourth-order valence-electron chi connectivity index (χ4n) is 2.53. The van der Waals surface area contributed by atoms with Crippen molar-refractivity contribution in [2.75, 3.05) is 6.61 Å². The number of aliphatic carboxylic acids is 1. The first kappa shape index (κ1) is 15.5. The molecule has 0 heterocycles. The van der Waals surface area contributed by atoms with Gasteiger partial charge >= 0.3 is 5.97 Å². The summed E-state index contributed by atoms with van der Waals surface area (Å²) in [5, 5.41) is 11.7. The Kier molecular flexibility index (Phi) is 5.75. The second-order valence-corrected chi connectivity index (χ2v) is 5.37. The molecule has 0 aliphatic heterocycles. The van der Waals surface area contributed by atoms with Crippen LogP contribution >= 0.6 is 0 Å². The van der Waals surface area contributed by atoms with Gasteiger partial charge in [0, 0.05) is 6.42 Å². The number of carbonyl (C=O) groups excluding carboxylic acids is 1. The molecule has 1 aliphatic carbocycles. The maximum Gasteiger partial charge on any atom is 0.326 e. The Morgan fingerprint density at radius 2 is 1.90 bits per heavy atom. The van der Waals surface area contributed by atoms with Gasteiger partial charge in [0.2, 0.25) is 5.91 Å². The van der Waals surface area contributed by atoms with Gasteiger partial charge in [0.15, 0.2) is 0 Å². The molecule has 1 unspecified atom stereocenters. The molecule has 2 rings (SSSR count). The molecule has 1 aliphatic rings. The number of ether oxygens (including phenoxy) is 1. The highest BCUT2D eigenvalue weighted by Crippen LogP contribution is 2.20. The number of benzene rings is 1. The van der Waals surface area contributed by atoms with E-state index >= 15 is 0 Å².